The third-order valence-corrected chi connectivity index (χ3v) is 4.51. The van der Waals surface area contributed by atoms with Crippen LogP contribution in [0, 0.1) is 6.92 Å². The van der Waals surface area contributed by atoms with E-state index in [1.54, 1.807) is 13.8 Å². The highest BCUT2D eigenvalue weighted by Crippen LogP contribution is 2.34. The molecule has 0 aliphatic carbocycles. The number of nitrogens with zero attached hydrogens (tertiary/aromatic N) is 1. The monoisotopic (exact) mass is 305 g/mol. The van der Waals surface area contributed by atoms with Gasteiger partial charge in [0.2, 0.25) is 0 Å². The standard InChI is InChI=1S/C17H23NO2S/c1-11(2)15-16(17(4,5)19)21-14(18-15)10-20-13-8-6-7-12(3)9-13/h6-9,11,19H,10H2,1-5H3. The Hall–Kier alpha value is -1.39. The Balaban J connectivity index is 2.18. The number of aliphatic hydroxyl groups is 1. The van der Waals surface area contributed by atoms with Gasteiger partial charge >= 0.3 is 0 Å². The van der Waals surface area contributed by atoms with Crippen LogP contribution in [0.4, 0.5) is 0 Å². The van der Waals surface area contributed by atoms with E-state index in [2.05, 4.69) is 18.8 Å². The molecule has 1 aromatic heterocycles. The molecule has 0 saturated heterocycles. The van der Waals surface area contributed by atoms with E-state index < -0.39 is 5.60 Å². The van der Waals surface area contributed by atoms with Gasteiger partial charge in [0.25, 0.3) is 0 Å². The average Bonchev–Trinajstić information content (AvgIpc) is 2.81. The molecule has 0 amide bonds. The molecule has 114 valence electrons. The van der Waals surface area contributed by atoms with Crippen LogP contribution in [-0.4, -0.2) is 10.1 Å². The van der Waals surface area contributed by atoms with Crippen molar-refractivity contribution in [1.29, 1.82) is 0 Å². The van der Waals surface area contributed by atoms with E-state index in [1.165, 1.54) is 16.9 Å². The Kier molecular flexibility index (Phi) is 4.69. The van der Waals surface area contributed by atoms with Gasteiger partial charge in [-0.1, -0.05) is 26.0 Å². The highest BCUT2D eigenvalue weighted by Gasteiger charge is 2.26. The number of hydrogen-bond acceptors (Lipinski definition) is 4. The summed E-state index contributed by atoms with van der Waals surface area (Å²) in [5.74, 6) is 1.14. The molecule has 1 N–H and O–H groups in total. The molecular weight excluding hydrogens is 282 g/mol. The molecule has 0 spiro atoms. The van der Waals surface area contributed by atoms with Crippen molar-refractivity contribution in [3.63, 3.8) is 0 Å². The lowest BCUT2D eigenvalue weighted by molar-refractivity contribution is 0.0811. The summed E-state index contributed by atoms with van der Waals surface area (Å²) in [6, 6.07) is 7.97. The lowest BCUT2D eigenvalue weighted by Crippen LogP contribution is -2.16. The predicted octanol–water partition coefficient (Wildman–Crippen LogP) is 4.38. The molecule has 2 aromatic rings. The maximum absolute atomic E-state index is 10.3. The number of aromatic nitrogens is 1. The van der Waals surface area contributed by atoms with Crippen LogP contribution in [0.5, 0.6) is 5.75 Å². The lowest BCUT2D eigenvalue weighted by Gasteiger charge is -2.17. The van der Waals surface area contributed by atoms with Gasteiger partial charge in [0.15, 0.2) is 0 Å². The molecular formula is C17H23NO2S. The van der Waals surface area contributed by atoms with Gasteiger partial charge in [-0.25, -0.2) is 4.98 Å². The number of thiazole rings is 1. The van der Waals surface area contributed by atoms with Crippen molar-refractivity contribution in [3.8, 4) is 5.75 Å². The van der Waals surface area contributed by atoms with E-state index in [0.717, 1.165) is 21.3 Å². The summed E-state index contributed by atoms with van der Waals surface area (Å²) in [6.45, 7) is 10.3. The molecule has 0 aliphatic rings. The molecule has 0 unspecified atom stereocenters. The molecule has 0 atom stereocenters. The number of hydrogen-bond donors (Lipinski definition) is 1. The van der Waals surface area contributed by atoms with E-state index in [4.69, 9.17) is 4.74 Å². The third kappa shape index (κ3) is 4.05. The number of ether oxygens (including phenoxy) is 1. The summed E-state index contributed by atoms with van der Waals surface area (Å²) in [7, 11) is 0. The first kappa shape index (κ1) is 16.0. The fraction of sp³-hybridized carbons (Fsp3) is 0.471. The first-order valence-corrected chi connectivity index (χ1v) is 8.01. The smallest absolute Gasteiger partial charge is 0.140 e. The van der Waals surface area contributed by atoms with Crippen molar-refractivity contribution >= 4 is 11.3 Å². The Bertz CT molecular complexity index is 611. The molecule has 0 saturated carbocycles. The zero-order valence-electron chi connectivity index (χ0n) is 13.3. The van der Waals surface area contributed by atoms with Crippen molar-refractivity contribution in [2.75, 3.05) is 0 Å². The summed E-state index contributed by atoms with van der Waals surface area (Å²) in [5, 5.41) is 11.2. The maximum atomic E-state index is 10.3. The number of aryl methyl sites for hydroxylation is 1. The fourth-order valence-corrected chi connectivity index (χ4v) is 3.25. The van der Waals surface area contributed by atoms with Crippen LogP contribution < -0.4 is 4.74 Å². The first-order chi connectivity index (χ1) is 9.77. The van der Waals surface area contributed by atoms with Gasteiger partial charge in [-0.3, -0.25) is 0 Å². The third-order valence-electron chi connectivity index (χ3n) is 3.15. The Morgan fingerprint density at radius 2 is 2.05 bits per heavy atom. The number of benzene rings is 1. The van der Waals surface area contributed by atoms with Crippen molar-refractivity contribution < 1.29 is 9.84 Å². The average molecular weight is 305 g/mol. The quantitative estimate of drug-likeness (QED) is 0.891. The predicted molar refractivity (Wildman–Crippen MR) is 87.0 cm³/mol. The summed E-state index contributed by atoms with van der Waals surface area (Å²) in [4.78, 5) is 5.58. The van der Waals surface area contributed by atoms with Gasteiger partial charge in [-0.2, -0.15) is 0 Å². The van der Waals surface area contributed by atoms with Gasteiger partial charge in [-0.15, -0.1) is 11.3 Å². The van der Waals surface area contributed by atoms with Gasteiger partial charge in [-0.05, 0) is 44.4 Å². The highest BCUT2D eigenvalue weighted by molar-refractivity contribution is 7.11. The zero-order valence-corrected chi connectivity index (χ0v) is 14.1. The Labute approximate surface area is 130 Å². The van der Waals surface area contributed by atoms with Crippen molar-refractivity contribution in [3.05, 3.63) is 45.4 Å². The summed E-state index contributed by atoms with van der Waals surface area (Å²) >= 11 is 1.53. The molecule has 21 heavy (non-hydrogen) atoms. The van der Waals surface area contributed by atoms with Gasteiger partial charge in [0.1, 0.15) is 17.4 Å². The minimum Gasteiger partial charge on any atom is -0.486 e. The topological polar surface area (TPSA) is 42.4 Å². The summed E-state index contributed by atoms with van der Waals surface area (Å²) < 4.78 is 5.80. The van der Waals surface area contributed by atoms with Gasteiger partial charge in [0.05, 0.1) is 16.2 Å². The zero-order chi connectivity index (χ0) is 15.6. The lowest BCUT2D eigenvalue weighted by atomic mass is 10.0. The summed E-state index contributed by atoms with van der Waals surface area (Å²) in [5.41, 5.74) is 1.28. The Morgan fingerprint density at radius 3 is 2.57 bits per heavy atom. The van der Waals surface area contributed by atoms with E-state index in [1.807, 2.05) is 31.2 Å². The SMILES string of the molecule is Cc1cccc(OCc2nc(C(C)C)c(C(C)(C)O)s2)c1. The second-order valence-electron chi connectivity index (χ2n) is 6.14. The van der Waals surface area contributed by atoms with E-state index in [0.29, 0.717) is 6.61 Å². The second-order valence-corrected chi connectivity index (χ2v) is 7.22. The van der Waals surface area contributed by atoms with E-state index in [9.17, 15) is 5.11 Å². The van der Waals surface area contributed by atoms with Crippen LogP contribution in [0.15, 0.2) is 24.3 Å². The molecule has 0 fully saturated rings. The van der Waals surface area contributed by atoms with Crippen LogP contribution in [0.3, 0.4) is 0 Å². The maximum Gasteiger partial charge on any atom is 0.140 e. The van der Waals surface area contributed by atoms with Crippen LogP contribution in [0.1, 0.15) is 54.8 Å². The normalized spacial score (nSPS) is 12.0. The van der Waals surface area contributed by atoms with Gasteiger partial charge < -0.3 is 9.84 Å². The molecule has 0 radical (unpaired) electrons. The molecule has 2 rings (SSSR count). The summed E-state index contributed by atoms with van der Waals surface area (Å²) in [6.07, 6.45) is 0. The van der Waals surface area contributed by atoms with Crippen LogP contribution in [0.25, 0.3) is 0 Å². The molecule has 3 nitrogen and oxygen atoms in total. The van der Waals surface area contributed by atoms with Crippen molar-refractivity contribution in [2.45, 2.75) is 52.7 Å². The molecule has 1 aromatic carbocycles. The van der Waals surface area contributed by atoms with Crippen LogP contribution in [-0.2, 0) is 12.2 Å². The van der Waals surface area contributed by atoms with E-state index >= 15 is 0 Å². The number of rotatable bonds is 5. The van der Waals surface area contributed by atoms with Crippen molar-refractivity contribution in [1.82, 2.24) is 4.98 Å². The molecule has 1 heterocycles. The second kappa shape index (κ2) is 6.16. The van der Waals surface area contributed by atoms with Gasteiger partial charge in [0, 0.05) is 0 Å². The Morgan fingerprint density at radius 1 is 1.33 bits per heavy atom. The largest absolute Gasteiger partial charge is 0.486 e. The minimum atomic E-state index is -0.862. The minimum absolute atomic E-state index is 0.287. The molecule has 0 aliphatic heterocycles. The fourth-order valence-electron chi connectivity index (χ4n) is 2.12. The van der Waals surface area contributed by atoms with Crippen molar-refractivity contribution in [2.24, 2.45) is 0 Å². The first-order valence-electron chi connectivity index (χ1n) is 7.19. The molecule has 4 heteroatoms. The van der Waals surface area contributed by atoms with Crippen LogP contribution >= 0.6 is 11.3 Å². The van der Waals surface area contributed by atoms with E-state index in [-0.39, 0.29) is 5.92 Å². The highest BCUT2D eigenvalue weighted by atomic mass is 32.1. The molecule has 0 bridgehead atoms. The van der Waals surface area contributed by atoms with Crippen LogP contribution in [0.2, 0.25) is 0 Å².